The van der Waals surface area contributed by atoms with Gasteiger partial charge in [0.2, 0.25) is 10.0 Å². The summed E-state index contributed by atoms with van der Waals surface area (Å²) in [4.78, 5) is 0. The summed E-state index contributed by atoms with van der Waals surface area (Å²) in [5.41, 5.74) is 1.73. The molecule has 5 nitrogen and oxygen atoms in total. The number of ether oxygens (including phenoxy) is 1. The summed E-state index contributed by atoms with van der Waals surface area (Å²) in [5, 5.41) is 0.522. The van der Waals surface area contributed by atoms with E-state index >= 15 is 0 Å². The van der Waals surface area contributed by atoms with Gasteiger partial charge in [0.15, 0.2) is 12.4 Å². The third-order valence-corrected chi connectivity index (χ3v) is 8.29. The first-order valence-electron chi connectivity index (χ1n) is 14.2. The molecule has 0 aliphatic rings. The number of nitrogens with zero attached hydrogens (tertiary/aromatic N) is 2. The first kappa shape index (κ1) is 31.6. The molecule has 0 spiro atoms. The zero-order valence-electron chi connectivity index (χ0n) is 23.3. The molecule has 0 radical (unpaired) electrons. The quantitative estimate of drug-likeness (QED) is 0.125. The van der Waals surface area contributed by atoms with Crippen molar-refractivity contribution in [2.24, 2.45) is 0 Å². The lowest BCUT2D eigenvalue weighted by Crippen LogP contribution is -2.32. The monoisotopic (exact) mass is 551 g/mol. The second-order valence-electron chi connectivity index (χ2n) is 10.0. The number of aryl methyl sites for hydroxylation is 1. The molecule has 1 heterocycles. The Bertz CT molecular complexity index is 996. The SMILES string of the molecule is CCCCCCCCCCCCCCOc1c(Cl)cccc1CN(Cc1cc[n+](CC)cc1)S(C)(=O)=O. The van der Waals surface area contributed by atoms with E-state index in [0.29, 0.717) is 23.9 Å². The van der Waals surface area contributed by atoms with Gasteiger partial charge < -0.3 is 4.74 Å². The van der Waals surface area contributed by atoms with Gasteiger partial charge in [0.05, 0.1) is 17.9 Å². The highest BCUT2D eigenvalue weighted by atomic mass is 35.5. The topological polar surface area (TPSA) is 50.5 Å². The van der Waals surface area contributed by atoms with E-state index in [9.17, 15) is 8.42 Å². The molecule has 0 atom stereocenters. The molecule has 0 aliphatic heterocycles. The van der Waals surface area contributed by atoms with Crippen molar-refractivity contribution in [2.75, 3.05) is 12.9 Å². The molecule has 1 aromatic heterocycles. The second-order valence-corrected chi connectivity index (χ2v) is 12.4. The van der Waals surface area contributed by atoms with Crippen LogP contribution < -0.4 is 9.30 Å². The van der Waals surface area contributed by atoms with Crippen LogP contribution in [0.15, 0.2) is 42.7 Å². The van der Waals surface area contributed by atoms with Crippen LogP contribution in [0.1, 0.15) is 102 Å². The van der Waals surface area contributed by atoms with Crippen LogP contribution >= 0.6 is 11.6 Å². The second kappa shape index (κ2) is 17.8. The smallest absolute Gasteiger partial charge is 0.211 e. The van der Waals surface area contributed by atoms with Gasteiger partial charge in [0, 0.05) is 30.8 Å². The Morgan fingerprint density at radius 3 is 1.92 bits per heavy atom. The van der Waals surface area contributed by atoms with Crippen LogP contribution in [0.4, 0.5) is 0 Å². The highest BCUT2D eigenvalue weighted by Gasteiger charge is 2.21. The number of benzene rings is 1. The van der Waals surface area contributed by atoms with Crippen LogP contribution in [-0.2, 0) is 29.7 Å². The Morgan fingerprint density at radius 2 is 1.38 bits per heavy atom. The Morgan fingerprint density at radius 1 is 0.811 bits per heavy atom. The third-order valence-electron chi connectivity index (χ3n) is 6.79. The summed E-state index contributed by atoms with van der Waals surface area (Å²) in [7, 11) is -3.43. The summed E-state index contributed by atoms with van der Waals surface area (Å²) in [6.07, 6.45) is 20.7. The van der Waals surface area contributed by atoms with Gasteiger partial charge in [-0.25, -0.2) is 13.0 Å². The molecule has 0 amide bonds. The molecule has 0 unspecified atom stereocenters. The first-order chi connectivity index (χ1) is 17.8. The van der Waals surface area contributed by atoms with E-state index < -0.39 is 10.0 Å². The molecule has 2 aromatic rings. The number of sulfonamides is 1. The number of hydrogen-bond acceptors (Lipinski definition) is 3. The fraction of sp³-hybridized carbons (Fsp3) is 0.633. The molecular weight excluding hydrogens is 504 g/mol. The van der Waals surface area contributed by atoms with E-state index in [1.807, 2.05) is 41.2 Å². The van der Waals surface area contributed by atoms with Crippen molar-refractivity contribution >= 4 is 21.6 Å². The molecule has 0 aliphatic carbocycles. The van der Waals surface area contributed by atoms with Crippen molar-refractivity contribution in [3.05, 3.63) is 58.9 Å². The van der Waals surface area contributed by atoms with Gasteiger partial charge in [0.1, 0.15) is 12.3 Å². The lowest BCUT2D eigenvalue weighted by Gasteiger charge is -2.22. The molecular formula is C30H48ClN2O3S+. The third kappa shape index (κ3) is 12.6. The van der Waals surface area contributed by atoms with Crippen LogP contribution in [0.3, 0.4) is 0 Å². The number of pyridine rings is 1. The van der Waals surface area contributed by atoms with E-state index in [2.05, 4.69) is 13.8 Å². The van der Waals surface area contributed by atoms with E-state index in [0.717, 1.165) is 30.5 Å². The maximum Gasteiger partial charge on any atom is 0.211 e. The Hall–Kier alpha value is -1.63. The van der Waals surface area contributed by atoms with E-state index in [1.165, 1.54) is 74.8 Å². The number of rotatable bonds is 20. The average molecular weight is 552 g/mol. The zero-order valence-corrected chi connectivity index (χ0v) is 24.8. The highest BCUT2D eigenvalue weighted by molar-refractivity contribution is 7.88. The average Bonchev–Trinajstić information content (AvgIpc) is 2.87. The summed E-state index contributed by atoms with van der Waals surface area (Å²) in [5.74, 6) is 0.595. The number of hydrogen-bond donors (Lipinski definition) is 0. The van der Waals surface area contributed by atoms with Crippen molar-refractivity contribution in [3.63, 3.8) is 0 Å². The van der Waals surface area contributed by atoms with Gasteiger partial charge in [-0.15, -0.1) is 0 Å². The molecule has 0 N–H and O–H groups in total. The number of para-hydroxylation sites is 1. The van der Waals surface area contributed by atoms with E-state index in [4.69, 9.17) is 16.3 Å². The zero-order chi connectivity index (χ0) is 26.9. The standard InChI is InChI=1S/C30H48ClN2O3S/c1-4-6-7-8-9-10-11-12-13-14-15-16-24-36-30-28(18-17-19-29(30)31)26-33(37(3,34)35)25-27-20-22-32(5-2)23-21-27/h17-23H,4-16,24-26H2,1-3H3/q+1. The maximum atomic E-state index is 12.6. The van der Waals surface area contributed by atoms with Crippen LogP contribution in [0.2, 0.25) is 5.02 Å². The number of unbranched alkanes of at least 4 members (excludes halogenated alkanes) is 11. The highest BCUT2D eigenvalue weighted by Crippen LogP contribution is 2.31. The van der Waals surface area contributed by atoms with Gasteiger partial charge in [-0.2, -0.15) is 4.31 Å². The van der Waals surface area contributed by atoms with Gasteiger partial charge in [0.25, 0.3) is 0 Å². The lowest BCUT2D eigenvalue weighted by molar-refractivity contribution is -0.693. The van der Waals surface area contributed by atoms with Crippen molar-refractivity contribution in [1.82, 2.24) is 4.31 Å². The number of halogens is 1. The lowest BCUT2D eigenvalue weighted by atomic mass is 10.1. The largest absolute Gasteiger partial charge is 0.492 e. The number of aromatic nitrogens is 1. The van der Waals surface area contributed by atoms with Gasteiger partial charge in [-0.1, -0.05) is 101 Å². The summed E-state index contributed by atoms with van der Waals surface area (Å²) in [6.45, 7) is 6.31. The van der Waals surface area contributed by atoms with Crippen LogP contribution in [0, 0.1) is 0 Å². The van der Waals surface area contributed by atoms with Gasteiger partial charge >= 0.3 is 0 Å². The Labute approximate surface area is 231 Å². The van der Waals surface area contributed by atoms with Crippen molar-refractivity contribution in [2.45, 2.75) is 111 Å². The van der Waals surface area contributed by atoms with Crippen molar-refractivity contribution < 1.29 is 17.7 Å². The Balaban J connectivity index is 1.80. The van der Waals surface area contributed by atoms with Crippen LogP contribution in [0.5, 0.6) is 5.75 Å². The fourth-order valence-corrected chi connectivity index (χ4v) is 5.45. The predicted octanol–water partition coefficient (Wildman–Crippen LogP) is 7.69. The van der Waals surface area contributed by atoms with E-state index in [-0.39, 0.29) is 6.54 Å². The molecule has 1 aromatic carbocycles. The summed E-state index contributed by atoms with van der Waals surface area (Å²) >= 11 is 6.48. The van der Waals surface area contributed by atoms with Gasteiger partial charge in [-0.05, 0) is 25.0 Å². The molecule has 208 valence electrons. The summed E-state index contributed by atoms with van der Waals surface area (Å²) in [6, 6.07) is 9.47. The molecule has 0 bridgehead atoms. The van der Waals surface area contributed by atoms with Crippen LogP contribution in [0.25, 0.3) is 0 Å². The predicted molar refractivity (Wildman–Crippen MR) is 154 cm³/mol. The molecule has 0 fully saturated rings. The molecule has 37 heavy (non-hydrogen) atoms. The summed E-state index contributed by atoms with van der Waals surface area (Å²) < 4.78 is 34.8. The molecule has 0 saturated carbocycles. The van der Waals surface area contributed by atoms with Crippen molar-refractivity contribution in [3.8, 4) is 5.75 Å². The van der Waals surface area contributed by atoms with Gasteiger partial charge in [-0.3, -0.25) is 0 Å². The minimum absolute atomic E-state index is 0.218. The fourth-order valence-electron chi connectivity index (χ4n) is 4.45. The maximum absolute atomic E-state index is 12.6. The minimum atomic E-state index is -3.43. The molecule has 0 saturated heterocycles. The minimum Gasteiger partial charge on any atom is -0.492 e. The van der Waals surface area contributed by atoms with Crippen LogP contribution in [-0.4, -0.2) is 25.6 Å². The molecule has 7 heteroatoms. The Kier molecular flexibility index (Phi) is 15.2. The van der Waals surface area contributed by atoms with E-state index in [1.54, 1.807) is 6.07 Å². The first-order valence-corrected chi connectivity index (χ1v) is 16.4. The van der Waals surface area contributed by atoms with Crippen molar-refractivity contribution in [1.29, 1.82) is 0 Å². The molecule has 2 rings (SSSR count). The normalized spacial score (nSPS) is 11.8.